The molecule has 0 saturated carbocycles. The molecule has 0 unspecified atom stereocenters. The number of thioether (sulfide) groups is 1. The van der Waals surface area contributed by atoms with Gasteiger partial charge < -0.3 is 4.90 Å². The first-order chi connectivity index (χ1) is 11.1. The van der Waals surface area contributed by atoms with E-state index in [2.05, 4.69) is 18.8 Å². The zero-order valence-corrected chi connectivity index (χ0v) is 15.1. The van der Waals surface area contributed by atoms with Gasteiger partial charge in [-0.15, -0.1) is 11.3 Å². The van der Waals surface area contributed by atoms with Crippen LogP contribution in [0.4, 0.5) is 4.39 Å². The van der Waals surface area contributed by atoms with E-state index in [0.29, 0.717) is 5.75 Å². The molecule has 0 fully saturated rings. The van der Waals surface area contributed by atoms with Crippen molar-refractivity contribution >= 4 is 29.0 Å². The van der Waals surface area contributed by atoms with Crippen LogP contribution in [0.1, 0.15) is 26.7 Å². The molecule has 124 valence electrons. The van der Waals surface area contributed by atoms with Gasteiger partial charge in [-0.1, -0.05) is 25.6 Å². The number of benzene rings is 1. The minimum atomic E-state index is -0.254. The summed E-state index contributed by atoms with van der Waals surface area (Å²) in [6, 6.07) is 6.29. The van der Waals surface area contributed by atoms with Crippen molar-refractivity contribution in [3.8, 4) is 11.3 Å². The number of rotatable bonds is 8. The zero-order valence-electron chi connectivity index (χ0n) is 13.4. The maximum absolute atomic E-state index is 13.0. The molecule has 0 aliphatic rings. The first kappa shape index (κ1) is 17.9. The van der Waals surface area contributed by atoms with Crippen molar-refractivity contribution in [2.45, 2.75) is 31.0 Å². The first-order valence-corrected chi connectivity index (χ1v) is 9.62. The molecule has 2 aromatic rings. The molecule has 3 nitrogen and oxygen atoms in total. The zero-order chi connectivity index (χ0) is 16.7. The van der Waals surface area contributed by atoms with E-state index < -0.39 is 0 Å². The third-order valence-electron chi connectivity index (χ3n) is 3.28. The second-order valence-electron chi connectivity index (χ2n) is 5.18. The van der Waals surface area contributed by atoms with Gasteiger partial charge in [-0.25, -0.2) is 9.37 Å². The fraction of sp³-hybridized carbons (Fsp3) is 0.412. The van der Waals surface area contributed by atoms with Gasteiger partial charge in [0, 0.05) is 24.0 Å². The average molecular weight is 352 g/mol. The van der Waals surface area contributed by atoms with Crippen LogP contribution in [0.25, 0.3) is 11.3 Å². The lowest BCUT2D eigenvalue weighted by Crippen LogP contribution is -2.33. The summed E-state index contributed by atoms with van der Waals surface area (Å²) < 4.78 is 13.8. The molecule has 1 amide bonds. The molecule has 2 rings (SSSR count). The van der Waals surface area contributed by atoms with E-state index in [9.17, 15) is 9.18 Å². The molecule has 6 heteroatoms. The Labute approximate surface area is 144 Å². The van der Waals surface area contributed by atoms with E-state index in [-0.39, 0.29) is 11.7 Å². The van der Waals surface area contributed by atoms with Crippen molar-refractivity contribution in [2.24, 2.45) is 0 Å². The number of aromatic nitrogens is 1. The topological polar surface area (TPSA) is 33.2 Å². The van der Waals surface area contributed by atoms with Gasteiger partial charge in [-0.2, -0.15) is 0 Å². The second-order valence-corrected chi connectivity index (χ2v) is 7.26. The molecule has 0 N–H and O–H groups in total. The van der Waals surface area contributed by atoms with Gasteiger partial charge in [0.1, 0.15) is 5.82 Å². The van der Waals surface area contributed by atoms with Crippen molar-refractivity contribution in [1.29, 1.82) is 0 Å². The van der Waals surface area contributed by atoms with E-state index in [1.165, 1.54) is 35.2 Å². The Morgan fingerprint density at radius 2 is 1.87 bits per heavy atom. The molecule has 0 radical (unpaired) electrons. The number of halogens is 1. The number of nitrogens with zero attached hydrogens (tertiary/aromatic N) is 2. The van der Waals surface area contributed by atoms with Crippen LogP contribution in [0.15, 0.2) is 34.0 Å². The highest BCUT2D eigenvalue weighted by Crippen LogP contribution is 2.28. The average Bonchev–Trinajstić information content (AvgIpc) is 3.02. The molecular formula is C17H21FN2OS2. The lowest BCUT2D eigenvalue weighted by atomic mass is 10.2. The van der Waals surface area contributed by atoms with Crippen molar-refractivity contribution in [1.82, 2.24) is 9.88 Å². The predicted molar refractivity (Wildman–Crippen MR) is 95.4 cm³/mol. The van der Waals surface area contributed by atoms with Crippen LogP contribution < -0.4 is 0 Å². The van der Waals surface area contributed by atoms with Gasteiger partial charge >= 0.3 is 0 Å². The Kier molecular flexibility index (Phi) is 7.05. The van der Waals surface area contributed by atoms with Crippen LogP contribution >= 0.6 is 23.1 Å². The van der Waals surface area contributed by atoms with Crippen molar-refractivity contribution < 1.29 is 9.18 Å². The monoisotopic (exact) mass is 352 g/mol. The van der Waals surface area contributed by atoms with Gasteiger partial charge in [0.15, 0.2) is 4.34 Å². The summed E-state index contributed by atoms with van der Waals surface area (Å²) in [6.07, 6.45) is 1.95. The summed E-state index contributed by atoms with van der Waals surface area (Å²) in [5.41, 5.74) is 1.71. The highest BCUT2D eigenvalue weighted by molar-refractivity contribution is 8.01. The Morgan fingerprint density at radius 1 is 1.22 bits per heavy atom. The maximum Gasteiger partial charge on any atom is 0.233 e. The highest BCUT2D eigenvalue weighted by atomic mass is 32.2. The molecule has 0 spiro atoms. The number of thiazole rings is 1. The first-order valence-electron chi connectivity index (χ1n) is 7.76. The molecule has 23 heavy (non-hydrogen) atoms. The largest absolute Gasteiger partial charge is 0.342 e. The fourth-order valence-electron chi connectivity index (χ4n) is 2.19. The van der Waals surface area contributed by atoms with Gasteiger partial charge in [0.2, 0.25) is 5.91 Å². The van der Waals surface area contributed by atoms with E-state index in [1.807, 2.05) is 10.3 Å². The maximum atomic E-state index is 13.0. The smallest absolute Gasteiger partial charge is 0.233 e. The molecule has 1 aromatic heterocycles. The summed E-state index contributed by atoms with van der Waals surface area (Å²) in [4.78, 5) is 18.7. The van der Waals surface area contributed by atoms with Crippen molar-refractivity contribution in [3.63, 3.8) is 0 Å². The third kappa shape index (κ3) is 5.32. The Bertz CT molecular complexity index is 622. The lowest BCUT2D eigenvalue weighted by Gasteiger charge is -2.20. The van der Waals surface area contributed by atoms with Crippen LogP contribution in [0.2, 0.25) is 0 Å². The Hall–Kier alpha value is -1.40. The van der Waals surface area contributed by atoms with Gasteiger partial charge in [-0.05, 0) is 37.1 Å². The molecule has 1 aromatic carbocycles. The molecule has 0 saturated heterocycles. The second kappa shape index (κ2) is 9.03. The SMILES string of the molecule is CCCN(CCC)C(=O)CSc1nc(-c2ccc(F)cc2)cs1. The normalized spacial score (nSPS) is 10.7. The molecule has 0 aliphatic carbocycles. The molecule has 0 atom stereocenters. The van der Waals surface area contributed by atoms with Crippen molar-refractivity contribution in [2.75, 3.05) is 18.8 Å². The number of carbonyl (C=O) groups excluding carboxylic acids is 1. The van der Waals surface area contributed by atoms with E-state index in [4.69, 9.17) is 0 Å². The molecule has 1 heterocycles. The van der Waals surface area contributed by atoms with Crippen molar-refractivity contribution in [3.05, 3.63) is 35.5 Å². The predicted octanol–water partition coefficient (Wildman–Crippen LogP) is 4.69. The van der Waals surface area contributed by atoms with Gasteiger partial charge in [-0.3, -0.25) is 4.79 Å². The standard InChI is InChI=1S/C17H21FN2OS2/c1-3-9-20(10-4-2)16(21)12-23-17-19-15(11-22-17)13-5-7-14(18)8-6-13/h5-8,11H,3-4,9-10,12H2,1-2H3. The number of carbonyl (C=O) groups is 1. The number of hydrogen-bond donors (Lipinski definition) is 0. The molecule has 0 bridgehead atoms. The fourth-order valence-corrected chi connectivity index (χ4v) is 3.93. The van der Waals surface area contributed by atoms with Crippen LogP contribution in [-0.2, 0) is 4.79 Å². The highest BCUT2D eigenvalue weighted by Gasteiger charge is 2.13. The molecular weight excluding hydrogens is 331 g/mol. The van der Waals surface area contributed by atoms with Gasteiger partial charge in [0.05, 0.1) is 11.4 Å². The van der Waals surface area contributed by atoms with E-state index in [0.717, 1.165) is 41.5 Å². The molecule has 0 aliphatic heterocycles. The minimum absolute atomic E-state index is 0.164. The van der Waals surface area contributed by atoms with Crippen LogP contribution in [-0.4, -0.2) is 34.6 Å². The lowest BCUT2D eigenvalue weighted by molar-refractivity contribution is -0.128. The number of amides is 1. The third-order valence-corrected chi connectivity index (χ3v) is 5.29. The summed E-state index contributed by atoms with van der Waals surface area (Å²) in [5, 5.41) is 1.94. The summed E-state index contributed by atoms with van der Waals surface area (Å²) in [5.74, 6) is 0.324. The summed E-state index contributed by atoms with van der Waals surface area (Å²) in [7, 11) is 0. The van der Waals surface area contributed by atoms with Crippen LogP contribution in [0, 0.1) is 5.82 Å². The Balaban J connectivity index is 1.93. The van der Waals surface area contributed by atoms with E-state index >= 15 is 0 Å². The number of hydrogen-bond acceptors (Lipinski definition) is 4. The Morgan fingerprint density at radius 3 is 2.48 bits per heavy atom. The van der Waals surface area contributed by atoms with E-state index in [1.54, 1.807) is 12.1 Å². The van der Waals surface area contributed by atoms with Crippen LogP contribution in [0.5, 0.6) is 0 Å². The van der Waals surface area contributed by atoms with Crippen LogP contribution in [0.3, 0.4) is 0 Å². The summed E-state index contributed by atoms with van der Waals surface area (Å²) >= 11 is 2.99. The van der Waals surface area contributed by atoms with Gasteiger partial charge in [0.25, 0.3) is 0 Å². The minimum Gasteiger partial charge on any atom is -0.342 e. The quantitative estimate of drug-likeness (QED) is 0.646. The summed E-state index contributed by atoms with van der Waals surface area (Å²) in [6.45, 7) is 5.79.